The van der Waals surface area contributed by atoms with Crippen LogP contribution in [0.4, 0.5) is 28.9 Å². The van der Waals surface area contributed by atoms with E-state index in [1.165, 1.54) is 6.92 Å². The van der Waals surface area contributed by atoms with E-state index in [-0.39, 0.29) is 17.0 Å². The van der Waals surface area contributed by atoms with Gasteiger partial charge in [-0.3, -0.25) is 9.52 Å². The molecule has 0 spiro atoms. The maximum atomic E-state index is 13.5. The highest BCUT2D eigenvalue weighted by atomic mass is 32.2. The molecule has 0 radical (unpaired) electrons. The van der Waals surface area contributed by atoms with Crippen LogP contribution in [0.2, 0.25) is 0 Å². The SMILES string of the molecule is Cc1oncc1C(=O)Nc1ccc(NS(=O)(=O)c2ccc(F)cc2)c(C(F)(F)F)c1. The van der Waals surface area contributed by atoms with E-state index in [1.807, 2.05) is 4.72 Å². The van der Waals surface area contributed by atoms with Gasteiger partial charge in [0, 0.05) is 5.69 Å². The molecule has 7 nitrogen and oxygen atoms in total. The Hall–Kier alpha value is -3.41. The van der Waals surface area contributed by atoms with Gasteiger partial charge in [-0.1, -0.05) is 5.16 Å². The summed E-state index contributed by atoms with van der Waals surface area (Å²) in [6.07, 6.45) is -3.82. The highest BCUT2D eigenvalue weighted by Crippen LogP contribution is 2.37. The van der Waals surface area contributed by atoms with Crippen LogP contribution in [-0.2, 0) is 16.2 Å². The molecule has 0 aliphatic carbocycles. The molecule has 158 valence electrons. The number of nitrogens with one attached hydrogen (secondary N) is 2. The van der Waals surface area contributed by atoms with Crippen molar-refractivity contribution in [2.45, 2.75) is 18.0 Å². The quantitative estimate of drug-likeness (QED) is 0.576. The Labute approximate surface area is 167 Å². The zero-order valence-corrected chi connectivity index (χ0v) is 15.9. The molecule has 1 heterocycles. The van der Waals surface area contributed by atoms with E-state index < -0.39 is 44.1 Å². The molecule has 0 atom stereocenters. The van der Waals surface area contributed by atoms with Gasteiger partial charge in [0.05, 0.1) is 22.3 Å². The van der Waals surface area contributed by atoms with E-state index in [0.717, 1.165) is 42.6 Å². The third-order valence-electron chi connectivity index (χ3n) is 3.95. The van der Waals surface area contributed by atoms with Crippen LogP contribution in [0.25, 0.3) is 0 Å². The number of hydrogen-bond donors (Lipinski definition) is 2. The lowest BCUT2D eigenvalue weighted by molar-refractivity contribution is -0.136. The van der Waals surface area contributed by atoms with Crippen molar-refractivity contribution in [1.82, 2.24) is 5.16 Å². The first-order chi connectivity index (χ1) is 14.0. The van der Waals surface area contributed by atoms with Crippen LogP contribution < -0.4 is 10.0 Å². The molecule has 0 fully saturated rings. The summed E-state index contributed by atoms with van der Waals surface area (Å²) < 4.78 is 84.8. The Morgan fingerprint density at radius 1 is 1.10 bits per heavy atom. The minimum Gasteiger partial charge on any atom is -0.361 e. The third-order valence-corrected chi connectivity index (χ3v) is 5.33. The lowest BCUT2D eigenvalue weighted by Gasteiger charge is -2.16. The summed E-state index contributed by atoms with van der Waals surface area (Å²) in [7, 11) is -4.41. The molecule has 0 aliphatic heterocycles. The summed E-state index contributed by atoms with van der Waals surface area (Å²) in [6, 6.07) is 6.11. The van der Waals surface area contributed by atoms with Crippen LogP contribution in [0, 0.1) is 12.7 Å². The molecule has 2 N–H and O–H groups in total. The van der Waals surface area contributed by atoms with Gasteiger partial charge in [0.25, 0.3) is 15.9 Å². The second kappa shape index (κ2) is 7.78. The fourth-order valence-corrected chi connectivity index (χ4v) is 3.56. The lowest BCUT2D eigenvalue weighted by Crippen LogP contribution is -2.18. The number of carbonyl (C=O) groups is 1. The van der Waals surface area contributed by atoms with E-state index >= 15 is 0 Å². The second-order valence-electron chi connectivity index (χ2n) is 6.07. The normalized spacial score (nSPS) is 11.9. The van der Waals surface area contributed by atoms with E-state index in [9.17, 15) is 30.8 Å². The first-order valence-electron chi connectivity index (χ1n) is 8.19. The van der Waals surface area contributed by atoms with E-state index in [4.69, 9.17) is 4.52 Å². The summed E-state index contributed by atoms with van der Waals surface area (Å²) in [4.78, 5) is 11.7. The minimum atomic E-state index is -4.94. The van der Waals surface area contributed by atoms with Crippen molar-refractivity contribution in [1.29, 1.82) is 0 Å². The first kappa shape index (κ1) is 21.3. The Kier molecular flexibility index (Phi) is 5.53. The van der Waals surface area contributed by atoms with Crippen molar-refractivity contribution in [2.24, 2.45) is 0 Å². The molecule has 0 bridgehead atoms. The summed E-state index contributed by atoms with van der Waals surface area (Å²) in [5.74, 6) is -1.28. The molecule has 12 heteroatoms. The molecule has 3 aromatic rings. The molecule has 0 aliphatic rings. The third kappa shape index (κ3) is 4.59. The monoisotopic (exact) mass is 443 g/mol. The van der Waals surface area contributed by atoms with Crippen LogP contribution in [-0.4, -0.2) is 19.5 Å². The highest BCUT2D eigenvalue weighted by Gasteiger charge is 2.35. The minimum absolute atomic E-state index is 0.0321. The summed E-state index contributed by atoms with van der Waals surface area (Å²) in [5.41, 5.74) is -2.28. The molecular formula is C18H13F4N3O4S. The van der Waals surface area contributed by atoms with Gasteiger partial charge in [-0.2, -0.15) is 13.2 Å². The predicted octanol–water partition coefficient (Wildman–Crippen LogP) is 4.19. The number of sulfonamides is 1. The van der Waals surface area contributed by atoms with Crippen molar-refractivity contribution < 1.29 is 35.3 Å². The van der Waals surface area contributed by atoms with Gasteiger partial charge in [0.2, 0.25) is 0 Å². The molecule has 1 aromatic heterocycles. The summed E-state index contributed by atoms with van der Waals surface area (Å²) >= 11 is 0. The van der Waals surface area contributed by atoms with Gasteiger partial charge in [-0.25, -0.2) is 12.8 Å². The van der Waals surface area contributed by atoms with Gasteiger partial charge in [0.15, 0.2) is 0 Å². The molecule has 30 heavy (non-hydrogen) atoms. The zero-order valence-electron chi connectivity index (χ0n) is 15.1. The lowest BCUT2D eigenvalue weighted by atomic mass is 10.1. The number of carbonyl (C=O) groups excluding carboxylic acids is 1. The van der Waals surface area contributed by atoms with Crippen LogP contribution >= 0.6 is 0 Å². The molecule has 0 saturated heterocycles. The predicted molar refractivity (Wildman–Crippen MR) is 97.8 cm³/mol. The number of alkyl halides is 3. The number of anilines is 2. The highest BCUT2D eigenvalue weighted by molar-refractivity contribution is 7.92. The van der Waals surface area contributed by atoms with E-state index in [1.54, 1.807) is 0 Å². The van der Waals surface area contributed by atoms with Crippen molar-refractivity contribution >= 4 is 27.3 Å². The molecule has 1 amide bonds. The Morgan fingerprint density at radius 2 is 1.77 bits per heavy atom. The van der Waals surface area contributed by atoms with Gasteiger partial charge >= 0.3 is 6.18 Å². The average molecular weight is 443 g/mol. The number of amides is 1. The Bertz CT molecular complexity index is 1190. The van der Waals surface area contributed by atoms with E-state index in [0.29, 0.717) is 6.07 Å². The van der Waals surface area contributed by atoms with Gasteiger partial charge in [-0.05, 0) is 49.4 Å². The number of rotatable bonds is 5. The van der Waals surface area contributed by atoms with Crippen LogP contribution in [0.1, 0.15) is 21.7 Å². The van der Waals surface area contributed by atoms with Crippen molar-refractivity contribution in [2.75, 3.05) is 10.0 Å². The first-order valence-corrected chi connectivity index (χ1v) is 9.68. The average Bonchev–Trinajstić information content (AvgIpc) is 3.08. The Morgan fingerprint density at radius 3 is 2.33 bits per heavy atom. The Balaban J connectivity index is 1.93. The molecule has 2 aromatic carbocycles. The maximum Gasteiger partial charge on any atom is 0.418 e. The summed E-state index contributed by atoms with van der Waals surface area (Å²) in [6.45, 7) is 1.45. The maximum absolute atomic E-state index is 13.5. The largest absolute Gasteiger partial charge is 0.418 e. The van der Waals surface area contributed by atoms with Crippen LogP contribution in [0.5, 0.6) is 0 Å². The van der Waals surface area contributed by atoms with Gasteiger partial charge < -0.3 is 9.84 Å². The number of aromatic nitrogens is 1. The fourth-order valence-electron chi connectivity index (χ4n) is 2.48. The molecular weight excluding hydrogens is 430 g/mol. The standard InChI is InChI=1S/C18H13F4N3O4S/c1-10-14(9-23-29-10)17(26)24-12-4-7-16(15(8-12)18(20,21)22)25-30(27,28)13-5-2-11(19)3-6-13/h2-9,25H,1H3,(H,24,26). The topological polar surface area (TPSA) is 101 Å². The summed E-state index contributed by atoms with van der Waals surface area (Å²) in [5, 5.41) is 5.68. The number of hydrogen-bond acceptors (Lipinski definition) is 5. The second-order valence-corrected chi connectivity index (χ2v) is 7.75. The number of aryl methyl sites for hydroxylation is 1. The molecule has 3 rings (SSSR count). The van der Waals surface area contributed by atoms with Crippen molar-refractivity contribution in [3.05, 3.63) is 71.4 Å². The molecule has 0 unspecified atom stereocenters. The van der Waals surface area contributed by atoms with Crippen molar-refractivity contribution in [3.63, 3.8) is 0 Å². The smallest absolute Gasteiger partial charge is 0.361 e. The van der Waals surface area contributed by atoms with Gasteiger partial charge in [-0.15, -0.1) is 0 Å². The number of nitrogens with zero attached hydrogens (tertiary/aromatic N) is 1. The van der Waals surface area contributed by atoms with Crippen LogP contribution in [0.3, 0.4) is 0 Å². The fraction of sp³-hybridized carbons (Fsp3) is 0.111. The van der Waals surface area contributed by atoms with Crippen LogP contribution in [0.15, 0.2) is 58.1 Å². The van der Waals surface area contributed by atoms with E-state index in [2.05, 4.69) is 10.5 Å². The van der Waals surface area contributed by atoms with Crippen molar-refractivity contribution in [3.8, 4) is 0 Å². The number of benzene rings is 2. The zero-order chi connectivity index (χ0) is 22.1. The molecule has 0 saturated carbocycles. The van der Waals surface area contributed by atoms with Gasteiger partial charge in [0.1, 0.15) is 17.1 Å². The number of halogens is 4.